The fraction of sp³-hybridized carbons (Fsp3) is 0.444. The lowest BCUT2D eigenvalue weighted by Gasteiger charge is -2.21. The predicted molar refractivity (Wildman–Crippen MR) is 95.7 cm³/mol. The molecule has 6 heteroatoms. The molecule has 0 aliphatic carbocycles. The molecule has 1 unspecified atom stereocenters. The Morgan fingerprint density at radius 1 is 1.42 bits per heavy atom. The maximum Gasteiger partial charge on any atom is 0.152 e. The lowest BCUT2D eigenvalue weighted by Crippen LogP contribution is -2.27. The third-order valence-electron chi connectivity index (χ3n) is 3.65. The number of ether oxygens (including phenoxy) is 1. The smallest absolute Gasteiger partial charge is 0.152 e. The summed E-state index contributed by atoms with van der Waals surface area (Å²) in [6.07, 6.45) is -2.10. The Labute approximate surface area is 146 Å². The molecule has 0 bridgehead atoms. The first-order valence-corrected chi connectivity index (χ1v) is 7.70. The van der Waals surface area contributed by atoms with Crippen molar-refractivity contribution in [1.29, 1.82) is 0 Å². The molecular weight excluding hydrogens is 304 g/mol. The van der Waals surface area contributed by atoms with Gasteiger partial charge in [-0.15, -0.1) is 0 Å². The molecule has 2 aromatic heterocycles. The molecule has 0 aliphatic heterocycles. The van der Waals surface area contributed by atoms with Gasteiger partial charge in [0, 0.05) is 9.50 Å². The maximum atomic E-state index is 10.4. The van der Waals surface area contributed by atoms with E-state index in [4.69, 9.17) is 16.0 Å². The van der Waals surface area contributed by atoms with Gasteiger partial charge in [-0.25, -0.2) is 9.97 Å². The molecule has 6 nitrogen and oxygen atoms in total. The average Bonchev–Trinajstić information content (AvgIpc) is 2.90. The van der Waals surface area contributed by atoms with Crippen LogP contribution < -0.4 is 5.73 Å². The van der Waals surface area contributed by atoms with Crippen molar-refractivity contribution in [2.45, 2.75) is 52.5 Å². The van der Waals surface area contributed by atoms with Gasteiger partial charge in [0.2, 0.25) is 0 Å². The molecule has 2 heterocycles. The first-order valence-electron chi connectivity index (χ1n) is 9.70. The van der Waals surface area contributed by atoms with E-state index in [-0.39, 0.29) is 19.0 Å². The van der Waals surface area contributed by atoms with Crippen molar-refractivity contribution in [2.75, 3.05) is 5.73 Å². The third kappa shape index (κ3) is 3.20. The number of benzene rings is 1. The lowest BCUT2D eigenvalue weighted by atomic mass is 10.1. The second kappa shape index (κ2) is 6.03. The summed E-state index contributed by atoms with van der Waals surface area (Å²) in [5.74, 6) is 0.596. The highest BCUT2D eigenvalue weighted by Crippen LogP contribution is 2.30. The number of nitrogens with two attached hydrogens (primary N) is 1. The fourth-order valence-electron chi connectivity index (χ4n) is 2.75. The van der Waals surface area contributed by atoms with Crippen LogP contribution in [0.15, 0.2) is 24.3 Å². The number of hydrogen-bond donors (Lipinski definition) is 2. The van der Waals surface area contributed by atoms with E-state index in [1.807, 2.05) is 24.3 Å². The van der Waals surface area contributed by atoms with E-state index < -0.39 is 18.5 Å². The van der Waals surface area contributed by atoms with Crippen molar-refractivity contribution in [3.63, 3.8) is 0 Å². The maximum absolute atomic E-state index is 10.4. The number of imidazole rings is 1. The topological polar surface area (TPSA) is 86.2 Å². The van der Waals surface area contributed by atoms with Crippen molar-refractivity contribution >= 4 is 27.8 Å². The largest absolute Gasteiger partial charge is 0.389 e. The van der Waals surface area contributed by atoms with Crippen LogP contribution in [0.3, 0.4) is 0 Å². The van der Waals surface area contributed by atoms with E-state index in [1.54, 1.807) is 18.4 Å². The number of rotatable bonds is 5. The summed E-state index contributed by atoms with van der Waals surface area (Å²) in [6.45, 7) is 1.84. The second-order valence-electron chi connectivity index (χ2n) is 6.48. The summed E-state index contributed by atoms with van der Waals surface area (Å²) in [7, 11) is 0. The normalized spacial score (nSPS) is 18.0. The van der Waals surface area contributed by atoms with Crippen LogP contribution in [-0.2, 0) is 17.9 Å². The highest BCUT2D eigenvalue weighted by atomic mass is 16.5. The van der Waals surface area contributed by atoms with E-state index in [9.17, 15) is 5.11 Å². The number of nitrogen functional groups attached to an aromatic ring is 1. The number of para-hydroxylation sites is 1. The predicted octanol–water partition coefficient (Wildman–Crippen LogP) is 2.86. The Bertz CT molecular complexity index is 1020. The van der Waals surface area contributed by atoms with E-state index in [0.717, 1.165) is 5.39 Å². The van der Waals surface area contributed by atoms with Crippen LogP contribution in [0, 0.1) is 0 Å². The molecule has 0 saturated heterocycles. The van der Waals surface area contributed by atoms with Gasteiger partial charge in [0.25, 0.3) is 0 Å². The monoisotopic (exact) mass is 332 g/mol. The summed E-state index contributed by atoms with van der Waals surface area (Å²) < 4.78 is 37.5. The summed E-state index contributed by atoms with van der Waals surface area (Å²) in [5, 5.41) is 11.2. The van der Waals surface area contributed by atoms with Crippen molar-refractivity contribution in [1.82, 2.24) is 14.5 Å². The Hall–Kier alpha value is -2.18. The van der Waals surface area contributed by atoms with Crippen LogP contribution in [0.25, 0.3) is 21.9 Å². The highest BCUT2D eigenvalue weighted by Gasteiger charge is 2.22. The quantitative estimate of drug-likeness (QED) is 0.750. The molecule has 1 atom stereocenters. The second-order valence-corrected chi connectivity index (χ2v) is 6.48. The summed E-state index contributed by atoms with van der Waals surface area (Å²) in [6, 6.07) is 7.43. The SMILES string of the molecule is [2H]C([2H])([2H])C([2H])(C)OCc1nc2c(N)nc3ccccc3c2n1CC(C)(C)O. The van der Waals surface area contributed by atoms with Gasteiger partial charge in [0.15, 0.2) is 5.82 Å². The van der Waals surface area contributed by atoms with Crippen LogP contribution >= 0.6 is 0 Å². The number of anilines is 1. The highest BCUT2D eigenvalue weighted by molar-refractivity contribution is 6.06. The van der Waals surface area contributed by atoms with E-state index in [2.05, 4.69) is 9.97 Å². The first kappa shape index (κ1) is 12.2. The van der Waals surface area contributed by atoms with Gasteiger partial charge < -0.3 is 20.1 Å². The molecule has 0 radical (unpaired) electrons. The molecule has 0 saturated carbocycles. The van der Waals surface area contributed by atoms with Crippen LogP contribution in [0.2, 0.25) is 0 Å². The molecule has 3 rings (SSSR count). The molecule has 0 amide bonds. The van der Waals surface area contributed by atoms with E-state index >= 15 is 0 Å². The zero-order chi connectivity index (χ0) is 20.9. The van der Waals surface area contributed by atoms with Gasteiger partial charge in [-0.2, -0.15) is 0 Å². The molecule has 24 heavy (non-hydrogen) atoms. The average molecular weight is 332 g/mol. The minimum absolute atomic E-state index is 0.179. The van der Waals surface area contributed by atoms with Gasteiger partial charge in [-0.05, 0) is 33.7 Å². The summed E-state index contributed by atoms with van der Waals surface area (Å²) in [4.78, 5) is 8.88. The molecule has 1 aromatic carbocycles. The minimum atomic E-state index is -2.62. The van der Waals surface area contributed by atoms with Gasteiger partial charge in [0.1, 0.15) is 17.9 Å². The molecule has 128 valence electrons. The lowest BCUT2D eigenvalue weighted by molar-refractivity contribution is 0.0460. The van der Waals surface area contributed by atoms with Gasteiger partial charge in [-0.3, -0.25) is 0 Å². The van der Waals surface area contributed by atoms with Crippen molar-refractivity contribution < 1.29 is 15.3 Å². The summed E-state index contributed by atoms with van der Waals surface area (Å²) in [5.41, 5.74) is 6.84. The van der Waals surface area contributed by atoms with Crippen LogP contribution in [-0.4, -0.2) is 31.3 Å². The molecule has 0 fully saturated rings. The zero-order valence-corrected chi connectivity index (χ0v) is 14.0. The fourth-order valence-corrected chi connectivity index (χ4v) is 2.75. The molecule has 3 aromatic rings. The van der Waals surface area contributed by atoms with Crippen molar-refractivity contribution in [3.05, 3.63) is 30.1 Å². The molecule has 0 aliphatic rings. The Morgan fingerprint density at radius 3 is 2.88 bits per heavy atom. The minimum Gasteiger partial charge on any atom is -0.389 e. The van der Waals surface area contributed by atoms with Crippen LogP contribution in [0.5, 0.6) is 0 Å². The zero-order valence-electron chi connectivity index (χ0n) is 18.0. The van der Waals surface area contributed by atoms with Gasteiger partial charge >= 0.3 is 0 Å². The molecular formula is C18H24N4O2. The van der Waals surface area contributed by atoms with E-state index in [1.165, 1.54) is 6.92 Å². The van der Waals surface area contributed by atoms with Gasteiger partial charge in [-0.1, -0.05) is 18.2 Å². The van der Waals surface area contributed by atoms with Crippen LogP contribution in [0.4, 0.5) is 5.82 Å². The number of fused-ring (bicyclic) bond motifs is 3. The standard InChI is InChI=1S/C18H24N4O2/c1-11(2)24-9-14-21-15-16(22(14)10-18(3,4)23)12-7-5-6-8-13(12)20-17(15)19/h5-8,11,23H,9-10H2,1-4H3,(H2,19,20)/i1D3,11D. The number of aromatic nitrogens is 3. The molecule has 0 spiro atoms. The number of pyridine rings is 1. The van der Waals surface area contributed by atoms with Crippen molar-refractivity contribution in [2.24, 2.45) is 0 Å². The Morgan fingerprint density at radius 2 is 2.17 bits per heavy atom. The van der Waals surface area contributed by atoms with Crippen molar-refractivity contribution in [3.8, 4) is 0 Å². The Kier molecular flexibility index (Phi) is 3.07. The van der Waals surface area contributed by atoms with Crippen LogP contribution in [0.1, 0.15) is 38.9 Å². The number of nitrogens with zero attached hydrogens (tertiary/aromatic N) is 3. The number of aliphatic hydroxyl groups is 1. The Balaban J connectivity index is 2.18. The van der Waals surface area contributed by atoms with E-state index in [0.29, 0.717) is 22.4 Å². The summed E-state index contributed by atoms with van der Waals surface area (Å²) >= 11 is 0. The third-order valence-corrected chi connectivity index (χ3v) is 3.65. The first-order chi connectivity index (χ1) is 12.8. The van der Waals surface area contributed by atoms with Gasteiger partial charge in [0.05, 0.1) is 30.6 Å². The molecule has 3 N–H and O–H groups in total. The number of hydrogen-bond acceptors (Lipinski definition) is 5.